The van der Waals surface area contributed by atoms with Crippen molar-refractivity contribution < 1.29 is 23.1 Å². The van der Waals surface area contributed by atoms with Gasteiger partial charge in [0.05, 0.1) is 12.0 Å². The zero-order chi connectivity index (χ0) is 13.2. The lowest BCUT2D eigenvalue weighted by molar-refractivity contribution is -0.162. The lowest BCUT2D eigenvalue weighted by Gasteiger charge is -2.20. The molecule has 0 aromatic rings. The third kappa shape index (κ3) is 3.33. The molecule has 1 fully saturated rings. The fourth-order valence-electron chi connectivity index (χ4n) is 2.01. The van der Waals surface area contributed by atoms with Crippen LogP contribution in [0.2, 0.25) is 0 Å². The van der Waals surface area contributed by atoms with Gasteiger partial charge in [0.2, 0.25) is 0 Å². The Kier molecular flexibility index (Phi) is 3.98. The second-order valence-corrected chi connectivity index (χ2v) is 4.36. The number of halogens is 3. The zero-order valence-corrected chi connectivity index (χ0v) is 9.24. The number of alkyl halides is 3. The lowest BCUT2D eigenvalue weighted by atomic mass is 9.99. The van der Waals surface area contributed by atoms with Gasteiger partial charge in [-0.05, 0) is 5.92 Å². The highest BCUT2D eigenvalue weighted by Crippen LogP contribution is 2.29. The second-order valence-electron chi connectivity index (χ2n) is 4.36. The van der Waals surface area contributed by atoms with Crippen molar-refractivity contribution in [3.8, 4) is 6.07 Å². The summed E-state index contributed by atoms with van der Waals surface area (Å²) < 4.78 is 37.1. The van der Waals surface area contributed by atoms with Gasteiger partial charge in [-0.3, -0.25) is 4.79 Å². The van der Waals surface area contributed by atoms with Gasteiger partial charge in [-0.2, -0.15) is 18.4 Å². The summed E-state index contributed by atoms with van der Waals surface area (Å²) >= 11 is 0. The number of carboxylic acids is 1. The van der Waals surface area contributed by atoms with Gasteiger partial charge in [0, 0.05) is 19.6 Å². The Labute approximate surface area is 96.6 Å². The first-order valence-corrected chi connectivity index (χ1v) is 5.17. The van der Waals surface area contributed by atoms with Crippen LogP contribution >= 0.6 is 0 Å². The first kappa shape index (κ1) is 13.8. The number of nitrogens with zero attached hydrogens (tertiary/aromatic N) is 2. The predicted molar refractivity (Wildman–Crippen MR) is 51.9 cm³/mol. The molecule has 0 amide bonds. The first-order valence-electron chi connectivity index (χ1n) is 5.17. The molecule has 1 saturated heterocycles. The van der Waals surface area contributed by atoms with E-state index >= 15 is 0 Å². The summed E-state index contributed by atoms with van der Waals surface area (Å²) in [4.78, 5) is 12.2. The van der Waals surface area contributed by atoms with Crippen LogP contribution in [-0.4, -0.2) is 41.8 Å². The molecule has 1 N–H and O–H groups in total. The van der Waals surface area contributed by atoms with Crippen molar-refractivity contribution >= 4 is 5.97 Å². The maximum atomic E-state index is 12.4. The van der Waals surface area contributed by atoms with E-state index in [4.69, 9.17) is 10.4 Å². The molecule has 0 spiro atoms. The molecule has 1 aliphatic heterocycles. The number of carbonyl (C=O) groups is 1. The molecule has 1 aliphatic rings. The number of carboxylic acid groups (broad SMARTS) is 1. The van der Waals surface area contributed by atoms with Crippen LogP contribution in [0.5, 0.6) is 0 Å². The molecule has 0 radical (unpaired) electrons. The van der Waals surface area contributed by atoms with Crippen molar-refractivity contribution in [1.82, 2.24) is 4.90 Å². The molecular formula is C10H13F3N2O2. The summed E-state index contributed by atoms with van der Waals surface area (Å²) in [5.74, 6) is -3.90. The molecule has 7 heteroatoms. The molecule has 17 heavy (non-hydrogen) atoms. The molecular weight excluding hydrogens is 237 g/mol. The number of hydrogen-bond donors (Lipinski definition) is 1. The summed E-state index contributed by atoms with van der Waals surface area (Å²) in [5, 5.41) is 17.3. The minimum absolute atomic E-state index is 0.0742. The van der Waals surface area contributed by atoms with Gasteiger partial charge in [0.25, 0.3) is 0 Å². The maximum Gasteiger partial charge on any atom is 0.405 e. The fourth-order valence-corrected chi connectivity index (χ4v) is 2.01. The monoisotopic (exact) mass is 250 g/mol. The number of hydrogen-bond acceptors (Lipinski definition) is 3. The quantitative estimate of drug-likeness (QED) is 0.821. The van der Waals surface area contributed by atoms with E-state index < -0.39 is 30.5 Å². The van der Waals surface area contributed by atoms with Crippen LogP contribution < -0.4 is 0 Å². The highest BCUT2D eigenvalue weighted by molar-refractivity contribution is 5.71. The molecule has 0 aromatic heterocycles. The summed E-state index contributed by atoms with van der Waals surface area (Å²) in [5.41, 5.74) is 0. The normalized spacial score (nSPS) is 27.7. The summed E-state index contributed by atoms with van der Waals surface area (Å²) in [6, 6.07) is 1.21. The third-order valence-corrected chi connectivity index (χ3v) is 3.00. The Balaban J connectivity index is 2.61. The van der Waals surface area contributed by atoms with E-state index in [1.165, 1.54) is 11.0 Å². The molecule has 3 unspecified atom stereocenters. The molecule has 1 rings (SSSR count). The SMILES string of the molecule is CC1CN(CC(C#N)C(F)(F)F)CC1C(=O)O. The fraction of sp³-hybridized carbons (Fsp3) is 0.800. The number of nitriles is 1. The topological polar surface area (TPSA) is 64.3 Å². The molecule has 3 atom stereocenters. The number of likely N-dealkylation sites (tertiary alicyclic amines) is 1. The predicted octanol–water partition coefficient (Wildman–Crippen LogP) is 1.34. The van der Waals surface area contributed by atoms with Crippen LogP contribution in [0.15, 0.2) is 0 Å². The van der Waals surface area contributed by atoms with Gasteiger partial charge >= 0.3 is 12.1 Å². The summed E-state index contributed by atoms with van der Waals surface area (Å²) in [6.45, 7) is 1.60. The van der Waals surface area contributed by atoms with Crippen molar-refractivity contribution in [2.24, 2.45) is 17.8 Å². The van der Waals surface area contributed by atoms with E-state index in [-0.39, 0.29) is 19.0 Å². The van der Waals surface area contributed by atoms with Crippen LogP contribution in [0.3, 0.4) is 0 Å². The third-order valence-electron chi connectivity index (χ3n) is 3.00. The van der Waals surface area contributed by atoms with E-state index in [1.807, 2.05) is 0 Å². The van der Waals surface area contributed by atoms with Gasteiger partial charge < -0.3 is 10.0 Å². The Hall–Kier alpha value is -1.29. The molecule has 96 valence electrons. The van der Waals surface area contributed by atoms with Crippen molar-refractivity contribution in [1.29, 1.82) is 5.26 Å². The highest BCUT2D eigenvalue weighted by atomic mass is 19.4. The van der Waals surface area contributed by atoms with E-state index in [9.17, 15) is 18.0 Å². The zero-order valence-electron chi connectivity index (χ0n) is 9.24. The molecule has 4 nitrogen and oxygen atoms in total. The Bertz CT molecular complexity index is 337. The van der Waals surface area contributed by atoms with Crippen LogP contribution in [-0.2, 0) is 4.79 Å². The van der Waals surface area contributed by atoms with Crippen molar-refractivity contribution in [3.05, 3.63) is 0 Å². The van der Waals surface area contributed by atoms with Gasteiger partial charge in [0.15, 0.2) is 5.92 Å². The molecule has 0 bridgehead atoms. The van der Waals surface area contributed by atoms with Crippen LogP contribution in [0.1, 0.15) is 6.92 Å². The van der Waals surface area contributed by atoms with Crippen LogP contribution in [0, 0.1) is 29.1 Å². The van der Waals surface area contributed by atoms with Gasteiger partial charge in [0.1, 0.15) is 0 Å². The van der Waals surface area contributed by atoms with Crippen LogP contribution in [0.25, 0.3) is 0 Å². The number of rotatable bonds is 3. The standard InChI is InChI=1S/C10H13F3N2O2/c1-6-3-15(5-8(6)9(16)17)4-7(2-14)10(11,12)13/h6-8H,3-5H2,1H3,(H,16,17). The first-order chi connectivity index (χ1) is 7.75. The Morgan fingerprint density at radius 1 is 1.59 bits per heavy atom. The minimum Gasteiger partial charge on any atom is -0.481 e. The molecule has 0 aromatic carbocycles. The smallest absolute Gasteiger partial charge is 0.405 e. The molecule has 0 saturated carbocycles. The van der Waals surface area contributed by atoms with E-state index in [2.05, 4.69) is 0 Å². The van der Waals surface area contributed by atoms with Crippen molar-refractivity contribution in [2.75, 3.05) is 19.6 Å². The lowest BCUT2D eigenvalue weighted by Crippen LogP contribution is -2.35. The second kappa shape index (κ2) is 4.92. The van der Waals surface area contributed by atoms with Gasteiger partial charge in [-0.15, -0.1) is 0 Å². The van der Waals surface area contributed by atoms with E-state index in [0.29, 0.717) is 0 Å². The summed E-state index contributed by atoms with van der Waals surface area (Å²) in [7, 11) is 0. The molecule has 0 aliphatic carbocycles. The average molecular weight is 250 g/mol. The largest absolute Gasteiger partial charge is 0.481 e. The van der Waals surface area contributed by atoms with Crippen LogP contribution in [0.4, 0.5) is 13.2 Å². The maximum absolute atomic E-state index is 12.4. The number of aliphatic carboxylic acids is 1. The van der Waals surface area contributed by atoms with E-state index in [0.717, 1.165) is 0 Å². The minimum atomic E-state index is -4.56. The average Bonchev–Trinajstić information content (AvgIpc) is 2.54. The van der Waals surface area contributed by atoms with E-state index in [1.54, 1.807) is 6.92 Å². The van der Waals surface area contributed by atoms with Crippen molar-refractivity contribution in [3.63, 3.8) is 0 Å². The van der Waals surface area contributed by atoms with Crippen molar-refractivity contribution in [2.45, 2.75) is 13.1 Å². The van der Waals surface area contributed by atoms with Gasteiger partial charge in [-0.1, -0.05) is 6.92 Å². The van der Waals surface area contributed by atoms with Gasteiger partial charge in [-0.25, -0.2) is 0 Å². The Morgan fingerprint density at radius 3 is 2.53 bits per heavy atom. The Morgan fingerprint density at radius 2 is 2.18 bits per heavy atom. The molecule has 1 heterocycles. The summed E-state index contributed by atoms with van der Waals surface area (Å²) in [6.07, 6.45) is -4.56. The highest BCUT2D eigenvalue weighted by Gasteiger charge is 2.43.